The molecule has 1 fully saturated rings. The highest BCUT2D eigenvalue weighted by atomic mass is 32.2. The Hall–Kier alpha value is -0.710. The van der Waals surface area contributed by atoms with Crippen molar-refractivity contribution < 1.29 is 14.7 Å². The molecule has 1 rings (SSSR count). The largest absolute Gasteiger partial charge is 0.480 e. The molecule has 1 aliphatic heterocycles. The number of carboxylic acids is 1. The quantitative estimate of drug-likeness (QED) is 0.722. The molecule has 13 heavy (non-hydrogen) atoms. The molecule has 1 aliphatic rings. The fraction of sp³-hybridized carbons (Fsp3) is 0.750. The number of aliphatic carboxylic acids is 1. The number of hydrogen-bond donors (Lipinski definition) is 1. The van der Waals surface area contributed by atoms with Crippen LogP contribution in [0, 0.1) is 0 Å². The zero-order valence-corrected chi connectivity index (χ0v) is 8.34. The summed E-state index contributed by atoms with van der Waals surface area (Å²) in [6.07, 6.45) is 3.23. The number of carboxylic acid groups (broad SMARTS) is 1. The molecule has 4 nitrogen and oxygen atoms in total. The molecule has 1 amide bonds. The van der Waals surface area contributed by atoms with Crippen LogP contribution in [0.25, 0.3) is 0 Å². The third-order valence-electron chi connectivity index (χ3n) is 2.13. The van der Waals surface area contributed by atoms with Crippen molar-refractivity contribution in [3.63, 3.8) is 0 Å². The van der Waals surface area contributed by atoms with E-state index in [0.29, 0.717) is 18.7 Å². The molecule has 0 radical (unpaired) electrons. The molecular weight excluding hydrogens is 190 g/mol. The second kappa shape index (κ2) is 4.50. The predicted octanol–water partition coefficient (Wildman–Crippen LogP) is 0.425. The Balaban J connectivity index is 2.57. The van der Waals surface area contributed by atoms with E-state index < -0.39 is 12.0 Å². The molecule has 1 heterocycles. The molecule has 0 bridgehead atoms. The van der Waals surface area contributed by atoms with Gasteiger partial charge in [0.25, 0.3) is 0 Å². The summed E-state index contributed by atoms with van der Waals surface area (Å²) < 4.78 is 0. The first-order valence-electron chi connectivity index (χ1n) is 4.18. The van der Waals surface area contributed by atoms with Crippen molar-refractivity contribution in [2.75, 3.05) is 18.6 Å². The third-order valence-corrected chi connectivity index (χ3v) is 2.66. The summed E-state index contributed by atoms with van der Waals surface area (Å²) >= 11 is 1.43. The van der Waals surface area contributed by atoms with Crippen LogP contribution in [0.3, 0.4) is 0 Å². The number of hydrogen-bond acceptors (Lipinski definition) is 3. The molecule has 0 aromatic rings. The van der Waals surface area contributed by atoms with E-state index >= 15 is 0 Å². The van der Waals surface area contributed by atoms with Gasteiger partial charge in [-0.25, -0.2) is 4.79 Å². The van der Waals surface area contributed by atoms with Crippen molar-refractivity contribution >= 4 is 23.6 Å². The van der Waals surface area contributed by atoms with E-state index in [1.807, 2.05) is 6.26 Å². The van der Waals surface area contributed by atoms with Gasteiger partial charge in [-0.05, 0) is 19.1 Å². The minimum absolute atomic E-state index is 0.0580. The standard InChI is InChI=1S/C8H13NO3S/c1-13-5-7(10)9-4-2-3-6(9)8(11)12/h6H,2-5H2,1H3,(H,11,12)/t6-/m0/s1. The topological polar surface area (TPSA) is 57.6 Å². The first-order chi connectivity index (χ1) is 6.16. The number of rotatable bonds is 3. The predicted molar refractivity (Wildman–Crippen MR) is 50.8 cm³/mol. The molecule has 1 N–H and O–H groups in total. The lowest BCUT2D eigenvalue weighted by Gasteiger charge is -2.20. The van der Waals surface area contributed by atoms with Gasteiger partial charge in [0, 0.05) is 6.54 Å². The monoisotopic (exact) mass is 203 g/mol. The smallest absolute Gasteiger partial charge is 0.326 e. The molecule has 1 atom stereocenters. The summed E-state index contributed by atoms with van der Waals surface area (Å²) in [7, 11) is 0. The van der Waals surface area contributed by atoms with Crippen molar-refractivity contribution in [3.8, 4) is 0 Å². The van der Waals surface area contributed by atoms with Crippen molar-refractivity contribution in [1.29, 1.82) is 0 Å². The minimum Gasteiger partial charge on any atom is -0.480 e. The van der Waals surface area contributed by atoms with Gasteiger partial charge in [0.2, 0.25) is 5.91 Å². The van der Waals surface area contributed by atoms with Crippen LogP contribution >= 0.6 is 11.8 Å². The van der Waals surface area contributed by atoms with E-state index in [-0.39, 0.29) is 5.91 Å². The van der Waals surface area contributed by atoms with Gasteiger partial charge in [0.05, 0.1) is 5.75 Å². The Labute approximate surface area is 81.3 Å². The SMILES string of the molecule is CSCC(=O)N1CCC[C@H]1C(=O)O. The summed E-state index contributed by atoms with van der Waals surface area (Å²) in [5.41, 5.74) is 0. The van der Waals surface area contributed by atoms with Crippen LogP contribution in [-0.4, -0.2) is 46.5 Å². The minimum atomic E-state index is -0.882. The number of carbonyl (C=O) groups excluding carboxylic acids is 1. The molecule has 1 saturated heterocycles. The van der Waals surface area contributed by atoms with Crippen molar-refractivity contribution in [1.82, 2.24) is 4.90 Å². The third kappa shape index (κ3) is 2.37. The van der Waals surface area contributed by atoms with Gasteiger partial charge < -0.3 is 10.0 Å². The molecule has 0 aromatic heterocycles. The lowest BCUT2D eigenvalue weighted by Crippen LogP contribution is -2.41. The lowest BCUT2D eigenvalue weighted by molar-refractivity contribution is -0.147. The van der Waals surface area contributed by atoms with Crippen molar-refractivity contribution in [3.05, 3.63) is 0 Å². The van der Waals surface area contributed by atoms with Gasteiger partial charge in [-0.15, -0.1) is 0 Å². The number of nitrogens with zero attached hydrogens (tertiary/aromatic N) is 1. The zero-order valence-electron chi connectivity index (χ0n) is 7.52. The van der Waals surface area contributed by atoms with E-state index in [1.54, 1.807) is 0 Å². The number of amides is 1. The Bertz CT molecular complexity index is 219. The molecule has 0 spiro atoms. The van der Waals surface area contributed by atoms with Gasteiger partial charge in [0.1, 0.15) is 6.04 Å². The van der Waals surface area contributed by atoms with Gasteiger partial charge in [-0.3, -0.25) is 4.79 Å². The summed E-state index contributed by atoms with van der Waals surface area (Å²) in [5, 5.41) is 8.80. The van der Waals surface area contributed by atoms with Crippen molar-refractivity contribution in [2.24, 2.45) is 0 Å². The van der Waals surface area contributed by atoms with Crippen LogP contribution in [0.4, 0.5) is 0 Å². The van der Waals surface area contributed by atoms with E-state index in [2.05, 4.69) is 0 Å². The number of thioether (sulfide) groups is 1. The summed E-state index contributed by atoms with van der Waals surface area (Å²) in [5.74, 6) is -0.562. The average Bonchev–Trinajstić information content (AvgIpc) is 2.52. The van der Waals surface area contributed by atoms with E-state index in [9.17, 15) is 9.59 Å². The van der Waals surface area contributed by atoms with Crippen LogP contribution in [0.1, 0.15) is 12.8 Å². The summed E-state index contributed by atoms with van der Waals surface area (Å²) in [4.78, 5) is 23.6. The van der Waals surface area contributed by atoms with Crippen LogP contribution in [0.15, 0.2) is 0 Å². The average molecular weight is 203 g/mol. The second-order valence-corrected chi connectivity index (χ2v) is 3.88. The van der Waals surface area contributed by atoms with Crippen molar-refractivity contribution in [2.45, 2.75) is 18.9 Å². The second-order valence-electron chi connectivity index (χ2n) is 3.02. The van der Waals surface area contributed by atoms with Crippen LogP contribution < -0.4 is 0 Å². The highest BCUT2D eigenvalue weighted by Crippen LogP contribution is 2.18. The maximum atomic E-state index is 11.4. The highest BCUT2D eigenvalue weighted by molar-refractivity contribution is 7.99. The first kappa shape index (κ1) is 10.4. The maximum absolute atomic E-state index is 11.4. The van der Waals surface area contributed by atoms with Crippen LogP contribution in [0.5, 0.6) is 0 Å². The van der Waals surface area contributed by atoms with E-state index in [4.69, 9.17) is 5.11 Å². The van der Waals surface area contributed by atoms with E-state index in [1.165, 1.54) is 16.7 Å². The molecule has 0 unspecified atom stereocenters. The zero-order chi connectivity index (χ0) is 9.84. The van der Waals surface area contributed by atoms with E-state index in [0.717, 1.165) is 6.42 Å². The normalized spacial score (nSPS) is 21.9. The maximum Gasteiger partial charge on any atom is 0.326 e. The fourth-order valence-corrected chi connectivity index (χ4v) is 1.94. The summed E-state index contributed by atoms with van der Waals surface area (Å²) in [6, 6.07) is -0.584. The molecule has 0 aromatic carbocycles. The highest BCUT2D eigenvalue weighted by Gasteiger charge is 2.33. The Morgan fingerprint density at radius 3 is 2.85 bits per heavy atom. The van der Waals surface area contributed by atoms with Gasteiger partial charge in [0.15, 0.2) is 0 Å². The van der Waals surface area contributed by atoms with Gasteiger partial charge >= 0.3 is 5.97 Å². The molecule has 0 saturated carbocycles. The van der Waals surface area contributed by atoms with Gasteiger partial charge in [-0.2, -0.15) is 11.8 Å². The Morgan fingerprint density at radius 1 is 1.62 bits per heavy atom. The van der Waals surface area contributed by atoms with Crippen LogP contribution in [0.2, 0.25) is 0 Å². The van der Waals surface area contributed by atoms with Gasteiger partial charge in [-0.1, -0.05) is 0 Å². The molecular formula is C8H13NO3S. The number of likely N-dealkylation sites (tertiary alicyclic amines) is 1. The number of carbonyl (C=O) groups is 2. The van der Waals surface area contributed by atoms with Crippen LogP contribution in [-0.2, 0) is 9.59 Å². The lowest BCUT2D eigenvalue weighted by atomic mass is 10.2. The summed E-state index contributed by atoms with van der Waals surface area (Å²) in [6.45, 7) is 0.594. The molecule has 5 heteroatoms. The Morgan fingerprint density at radius 2 is 2.31 bits per heavy atom. The molecule has 0 aliphatic carbocycles. The first-order valence-corrected chi connectivity index (χ1v) is 5.57. The Kier molecular flexibility index (Phi) is 3.59. The molecule has 74 valence electrons. The fourth-order valence-electron chi connectivity index (χ4n) is 1.53.